The lowest BCUT2D eigenvalue weighted by Gasteiger charge is -2.18. The molecule has 0 bridgehead atoms. The van der Waals surface area contributed by atoms with E-state index in [2.05, 4.69) is 4.74 Å². The van der Waals surface area contributed by atoms with Gasteiger partial charge in [-0.2, -0.15) is 0 Å². The van der Waals surface area contributed by atoms with Crippen molar-refractivity contribution in [3.8, 4) is 17.2 Å². The summed E-state index contributed by atoms with van der Waals surface area (Å²) in [6.07, 6.45) is 0.712. The zero-order chi connectivity index (χ0) is 16.4. The molecule has 128 valence electrons. The molecule has 0 aromatic heterocycles. The van der Waals surface area contributed by atoms with Gasteiger partial charge in [0.05, 0.1) is 13.2 Å². The van der Waals surface area contributed by atoms with Crippen LogP contribution in [-0.2, 0) is 0 Å². The van der Waals surface area contributed by atoms with Gasteiger partial charge in [0.15, 0.2) is 11.5 Å². The van der Waals surface area contributed by atoms with Crippen LogP contribution in [0.25, 0.3) is 0 Å². The fourth-order valence-corrected chi connectivity index (χ4v) is 2.40. The topological polar surface area (TPSA) is 27.7 Å². The SMILES string of the molecule is Cc1c(OCC2CC2)ccc(OCCC2CC2)c1OC(F)(F)F. The quantitative estimate of drug-likeness (QED) is 0.681. The van der Waals surface area contributed by atoms with Crippen LogP contribution in [0.15, 0.2) is 12.1 Å². The molecule has 3 nitrogen and oxygen atoms in total. The number of alkyl halides is 3. The number of rotatable bonds is 8. The van der Waals surface area contributed by atoms with Crippen molar-refractivity contribution in [3.05, 3.63) is 17.7 Å². The van der Waals surface area contributed by atoms with E-state index in [0.29, 0.717) is 36.4 Å². The molecule has 1 aromatic carbocycles. The van der Waals surface area contributed by atoms with E-state index < -0.39 is 6.36 Å². The van der Waals surface area contributed by atoms with Crippen LogP contribution < -0.4 is 14.2 Å². The molecule has 2 saturated carbocycles. The summed E-state index contributed by atoms with van der Waals surface area (Å²) in [7, 11) is 0. The summed E-state index contributed by atoms with van der Waals surface area (Å²) in [5.41, 5.74) is 0.326. The fourth-order valence-electron chi connectivity index (χ4n) is 2.40. The van der Waals surface area contributed by atoms with Gasteiger partial charge < -0.3 is 14.2 Å². The van der Waals surface area contributed by atoms with E-state index in [0.717, 1.165) is 19.3 Å². The molecule has 0 amide bonds. The highest BCUT2D eigenvalue weighted by Gasteiger charge is 2.34. The van der Waals surface area contributed by atoms with Crippen molar-refractivity contribution in [2.75, 3.05) is 13.2 Å². The van der Waals surface area contributed by atoms with E-state index in [1.165, 1.54) is 18.9 Å². The average molecular weight is 330 g/mol. The van der Waals surface area contributed by atoms with Gasteiger partial charge in [-0.1, -0.05) is 12.8 Å². The van der Waals surface area contributed by atoms with Gasteiger partial charge in [0, 0.05) is 5.56 Å². The Morgan fingerprint density at radius 2 is 1.65 bits per heavy atom. The predicted octanol–water partition coefficient (Wildman–Crippen LogP) is 4.86. The van der Waals surface area contributed by atoms with Gasteiger partial charge in [0.2, 0.25) is 0 Å². The monoisotopic (exact) mass is 330 g/mol. The summed E-state index contributed by atoms with van der Waals surface area (Å²) in [5, 5.41) is 0. The molecule has 0 aliphatic heterocycles. The first-order valence-electron chi connectivity index (χ1n) is 8.07. The fraction of sp³-hybridized carbons (Fsp3) is 0.647. The van der Waals surface area contributed by atoms with Crippen LogP contribution in [0.1, 0.15) is 37.7 Å². The van der Waals surface area contributed by atoms with E-state index in [9.17, 15) is 13.2 Å². The zero-order valence-electron chi connectivity index (χ0n) is 13.1. The Kier molecular flexibility index (Phi) is 4.60. The molecular formula is C17H21F3O3. The van der Waals surface area contributed by atoms with Crippen LogP contribution in [0, 0.1) is 18.8 Å². The first-order valence-corrected chi connectivity index (χ1v) is 8.07. The Bertz CT molecular complexity index is 549. The van der Waals surface area contributed by atoms with Gasteiger partial charge in [0.25, 0.3) is 0 Å². The summed E-state index contributed by atoms with van der Waals surface area (Å²) in [5.74, 6) is 1.44. The second-order valence-corrected chi connectivity index (χ2v) is 6.40. The van der Waals surface area contributed by atoms with E-state index >= 15 is 0 Å². The van der Waals surface area contributed by atoms with Crippen LogP contribution in [-0.4, -0.2) is 19.6 Å². The van der Waals surface area contributed by atoms with E-state index in [1.54, 1.807) is 13.0 Å². The lowest BCUT2D eigenvalue weighted by Crippen LogP contribution is -2.19. The van der Waals surface area contributed by atoms with E-state index in [-0.39, 0.29) is 11.5 Å². The summed E-state index contributed by atoms with van der Waals surface area (Å²) < 4.78 is 53.4. The van der Waals surface area contributed by atoms with Gasteiger partial charge in [0.1, 0.15) is 5.75 Å². The second-order valence-electron chi connectivity index (χ2n) is 6.40. The number of benzene rings is 1. The maximum absolute atomic E-state index is 12.7. The molecule has 1 aromatic rings. The number of hydrogen-bond acceptors (Lipinski definition) is 3. The van der Waals surface area contributed by atoms with Gasteiger partial charge in [-0.05, 0) is 50.2 Å². The molecule has 0 atom stereocenters. The standard InChI is InChI=1S/C17H21F3O3/c1-11-14(22-10-13-4-5-13)6-7-15(16(11)23-17(18,19)20)21-9-8-12-2-3-12/h6-7,12-13H,2-5,8-10H2,1H3. The van der Waals surface area contributed by atoms with Gasteiger partial charge in [-0.3, -0.25) is 0 Å². The first kappa shape index (κ1) is 16.3. The molecule has 0 unspecified atom stereocenters. The summed E-state index contributed by atoms with van der Waals surface area (Å²) in [4.78, 5) is 0. The normalized spacial score (nSPS) is 17.9. The molecule has 0 spiro atoms. The highest BCUT2D eigenvalue weighted by atomic mass is 19.4. The number of halogens is 3. The third kappa shape index (κ3) is 4.94. The summed E-state index contributed by atoms with van der Waals surface area (Å²) in [6.45, 7) is 2.51. The molecule has 0 heterocycles. The minimum absolute atomic E-state index is 0.124. The maximum atomic E-state index is 12.7. The van der Waals surface area contributed by atoms with Gasteiger partial charge in [-0.25, -0.2) is 0 Å². The molecule has 0 radical (unpaired) electrons. The molecule has 3 rings (SSSR count). The van der Waals surface area contributed by atoms with Crippen LogP contribution in [0.4, 0.5) is 13.2 Å². The summed E-state index contributed by atoms with van der Waals surface area (Å²) in [6, 6.07) is 3.16. The van der Waals surface area contributed by atoms with Crippen molar-refractivity contribution < 1.29 is 27.4 Å². The van der Waals surface area contributed by atoms with Crippen LogP contribution in [0.5, 0.6) is 17.2 Å². The highest BCUT2D eigenvalue weighted by molar-refractivity contribution is 5.53. The molecule has 0 N–H and O–H groups in total. The number of hydrogen-bond donors (Lipinski definition) is 0. The Morgan fingerprint density at radius 1 is 1.00 bits per heavy atom. The summed E-state index contributed by atoms with van der Waals surface area (Å²) >= 11 is 0. The molecular weight excluding hydrogens is 309 g/mol. The predicted molar refractivity (Wildman–Crippen MR) is 78.9 cm³/mol. The van der Waals surface area contributed by atoms with Crippen LogP contribution in [0.2, 0.25) is 0 Å². The molecule has 6 heteroatoms. The van der Waals surface area contributed by atoms with Crippen molar-refractivity contribution in [1.29, 1.82) is 0 Å². The molecule has 2 aliphatic rings. The van der Waals surface area contributed by atoms with Crippen LogP contribution >= 0.6 is 0 Å². The minimum Gasteiger partial charge on any atom is -0.493 e. The van der Waals surface area contributed by atoms with Crippen molar-refractivity contribution in [2.24, 2.45) is 11.8 Å². The lowest BCUT2D eigenvalue weighted by atomic mass is 10.2. The largest absolute Gasteiger partial charge is 0.573 e. The van der Waals surface area contributed by atoms with Crippen molar-refractivity contribution >= 4 is 0 Å². The van der Waals surface area contributed by atoms with E-state index in [4.69, 9.17) is 9.47 Å². The maximum Gasteiger partial charge on any atom is 0.573 e. The Morgan fingerprint density at radius 3 is 2.26 bits per heavy atom. The first-order chi connectivity index (χ1) is 10.9. The zero-order valence-corrected chi connectivity index (χ0v) is 13.1. The Labute approximate surface area is 133 Å². The van der Waals surface area contributed by atoms with Crippen molar-refractivity contribution in [2.45, 2.75) is 45.4 Å². The van der Waals surface area contributed by atoms with Crippen LogP contribution in [0.3, 0.4) is 0 Å². The van der Waals surface area contributed by atoms with Crippen molar-refractivity contribution in [3.63, 3.8) is 0 Å². The van der Waals surface area contributed by atoms with Gasteiger partial charge >= 0.3 is 6.36 Å². The molecule has 0 saturated heterocycles. The lowest BCUT2D eigenvalue weighted by molar-refractivity contribution is -0.275. The molecule has 23 heavy (non-hydrogen) atoms. The third-order valence-electron chi connectivity index (χ3n) is 4.19. The Hall–Kier alpha value is -1.59. The minimum atomic E-state index is -4.76. The average Bonchev–Trinajstić information content (AvgIpc) is 3.34. The highest BCUT2D eigenvalue weighted by Crippen LogP contribution is 2.41. The smallest absolute Gasteiger partial charge is 0.493 e. The van der Waals surface area contributed by atoms with E-state index in [1.807, 2.05) is 0 Å². The molecule has 2 aliphatic carbocycles. The second kappa shape index (κ2) is 6.49. The Balaban J connectivity index is 1.73. The third-order valence-corrected chi connectivity index (χ3v) is 4.19. The van der Waals surface area contributed by atoms with Gasteiger partial charge in [-0.15, -0.1) is 13.2 Å². The van der Waals surface area contributed by atoms with Crippen molar-refractivity contribution in [1.82, 2.24) is 0 Å². The number of ether oxygens (including phenoxy) is 3. The molecule has 2 fully saturated rings.